The van der Waals surface area contributed by atoms with Crippen molar-refractivity contribution in [1.82, 2.24) is 24.6 Å². The van der Waals surface area contributed by atoms with Crippen molar-refractivity contribution >= 4 is 0 Å². The highest BCUT2D eigenvalue weighted by Gasteiger charge is 2.22. The highest BCUT2D eigenvalue weighted by atomic mass is 16.3. The zero-order valence-electron chi connectivity index (χ0n) is 15.6. The fourth-order valence-electron chi connectivity index (χ4n) is 3.76. The molecule has 7 heteroatoms. The SMILES string of the molecule is CCn1c(CC2CCN(Cc3coc(-c4ccccc4)n3)CC2)n[nH]c1=O. The number of rotatable bonds is 6. The minimum atomic E-state index is -0.106. The average molecular weight is 367 g/mol. The predicted molar refractivity (Wildman–Crippen MR) is 102 cm³/mol. The number of piperidine rings is 1. The van der Waals surface area contributed by atoms with E-state index in [1.165, 1.54) is 0 Å². The van der Waals surface area contributed by atoms with E-state index < -0.39 is 0 Å². The summed E-state index contributed by atoms with van der Waals surface area (Å²) in [7, 11) is 0. The maximum atomic E-state index is 11.7. The number of oxazole rings is 1. The number of nitrogens with zero attached hydrogens (tertiary/aromatic N) is 4. The van der Waals surface area contributed by atoms with Gasteiger partial charge in [0.25, 0.3) is 0 Å². The number of benzene rings is 1. The molecule has 0 saturated carbocycles. The topological polar surface area (TPSA) is 80.0 Å². The molecule has 1 aliphatic heterocycles. The Morgan fingerprint density at radius 3 is 2.74 bits per heavy atom. The zero-order valence-corrected chi connectivity index (χ0v) is 15.6. The number of H-pyrrole nitrogens is 1. The van der Waals surface area contributed by atoms with Gasteiger partial charge in [0, 0.05) is 25.1 Å². The number of nitrogens with one attached hydrogen (secondary N) is 1. The number of hydrogen-bond acceptors (Lipinski definition) is 5. The molecule has 0 spiro atoms. The Balaban J connectivity index is 1.31. The third-order valence-corrected chi connectivity index (χ3v) is 5.29. The zero-order chi connectivity index (χ0) is 18.6. The Labute approximate surface area is 158 Å². The van der Waals surface area contributed by atoms with Gasteiger partial charge in [0.1, 0.15) is 12.1 Å². The molecular formula is C20H25N5O2. The molecule has 1 aromatic carbocycles. The Morgan fingerprint density at radius 1 is 1.22 bits per heavy atom. The molecule has 7 nitrogen and oxygen atoms in total. The van der Waals surface area contributed by atoms with Crippen LogP contribution in [0.5, 0.6) is 0 Å². The minimum absolute atomic E-state index is 0.106. The predicted octanol–water partition coefficient (Wildman–Crippen LogP) is 2.70. The molecule has 1 saturated heterocycles. The largest absolute Gasteiger partial charge is 0.444 e. The molecule has 0 bridgehead atoms. The Morgan fingerprint density at radius 2 is 2.00 bits per heavy atom. The minimum Gasteiger partial charge on any atom is -0.444 e. The van der Waals surface area contributed by atoms with Crippen LogP contribution in [-0.2, 0) is 19.5 Å². The van der Waals surface area contributed by atoms with Crippen LogP contribution in [0.3, 0.4) is 0 Å². The van der Waals surface area contributed by atoms with Crippen molar-refractivity contribution in [3.05, 3.63) is 58.6 Å². The molecular weight excluding hydrogens is 342 g/mol. The summed E-state index contributed by atoms with van der Waals surface area (Å²) in [5.41, 5.74) is 1.87. The van der Waals surface area contributed by atoms with E-state index in [1.807, 2.05) is 37.3 Å². The van der Waals surface area contributed by atoms with Crippen LogP contribution in [0, 0.1) is 5.92 Å². The second-order valence-corrected chi connectivity index (χ2v) is 7.12. The molecule has 0 aliphatic carbocycles. The summed E-state index contributed by atoms with van der Waals surface area (Å²) in [5, 5.41) is 6.75. The quantitative estimate of drug-likeness (QED) is 0.725. The van der Waals surface area contributed by atoms with Crippen LogP contribution in [0.15, 0.2) is 45.8 Å². The van der Waals surface area contributed by atoms with Gasteiger partial charge < -0.3 is 4.42 Å². The molecule has 0 amide bonds. The molecule has 27 heavy (non-hydrogen) atoms. The van der Waals surface area contributed by atoms with E-state index in [0.29, 0.717) is 18.4 Å². The Kier molecular flexibility index (Phi) is 5.20. The van der Waals surface area contributed by atoms with Crippen LogP contribution in [-0.4, -0.2) is 37.7 Å². The lowest BCUT2D eigenvalue weighted by molar-refractivity contribution is 0.173. The van der Waals surface area contributed by atoms with E-state index in [2.05, 4.69) is 20.1 Å². The van der Waals surface area contributed by atoms with Crippen molar-refractivity contribution in [2.24, 2.45) is 5.92 Å². The van der Waals surface area contributed by atoms with Crippen molar-refractivity contribution in [2.75, 3.05) is 13.1 Å². The monoisotopic (exact) mass is 367 g/mol. The van der Waals surface area contributed by atoms with Crippen molar-refractivity contribution in [3.63, 3.8) is 0 Å². The maximum Gasteiger partial charge on any atom is 0.343 e. The van der Waals surface area contributed by atoms with E-state index in [0.717, 1.165) is 56.0 Å². The highest BCUT2D eigenvalue weighted by Crippen LogP contribution is 2.23. The smallest absolute Gasteiger partial charge is 0.343 e. The van der Waals surface area contributed by atoms with Crippen molar-refractivity contribution in [2.45, 2.75) is 39.3 Å². The first-order valence-electron chi connectivity index (χ1n) is 9.59. The lowest BCUT2D eigenvalue weighted by Gasteiger charge is -2.31. The molecule has 0 atom stereocenters. The molecule has 3 heterocycles. The van der Waals surface area contributed by atoms with E-state index >= 15 is 0 Å². The van der Waals surface area contributed by atoms with Crippen molar-refractivity contribution in [1.29, 1.82) is 0 Å². The van der Waals surface area contributed by atoms with Crippen LogP contribution in [0.25, 0.3) is 11.5 Å². The summed E-state index contributed by atoms with van der Waals surface area (Å²) in [5.74, 6) is 2.13. The summed E-state index contributed by atoms with van der Waals surface area (Å²) in [6.07, 6.45) is 4.84. The number of aromatic nitrogens is 4. The Bertz CT molecular complexity index is 919. The third-order valence-electron chi connectivity index (χ3n) is 5.29. The summed E-state index contributed by atoms with van der Waals surface area (Å²) in [6.45, 7) is 5.51. The second kappa shape index (κ2) is 7.92. The number of hydrogen-bond donors (Lipinski definition) is 1. The molecule has 1 aliphatic rings. The molecule has 0 radical (unpaired) electrons. The summed E-state index contributed by atoms with van der Waals surface area (Å²) in [4.78, 5) is 18.7. The van der Waals surface area contributed by atoms with Gasteiger partial charge in [0.05, 0.1) is 5.69 Å². The van der Waals surface area contributed by atoms with Crippen molar-refractivity contribution in [3.8, 4) is 11.5 Å². The van der Waals surface area contributed by atoms with Crippen LogP contribution in [0.4, 0.5) is 0 Å². The van der Waals surface area contributed by atoms with Crippen LogP contribution in [0.1, 0.15) is 31.3 Å². The van der Waals surface area contributed by atoms with Crippen LogP contribution >= 0.6 is 0 Å². The van der Waals surface area contributed by atoms with Gasteiger partial charge >= 0.3 is 5.69 Å². The first kappa shape index (κ1) is 17.7. The maximum absolute atomic E-state index is 11.7. The third kappa shape index (κ3) is 4.03. The van der Waals surface area contributed by atoms with Crippen LogP contribution in [0.2, 0.25) is 0 Å². The standard InChI is InChI=1S/C20H25N5O2/c1-2-25-18(22-23-20(25)26)12-15-8-10-24(11-9-15)13-17-14-27-19(21-17)16-6-4-3-5-7-16/h3-7,14-15H,2,8-13H2,1H3,(H,23,26). The highest BCUT2D eigenvalue weighted by molar-refractivity contribution is 5.52. The number of likely N-dealkylation sites (tertiary alicyclic amines) is 1. The first-order chi connectivity index (χ1) is 13.2. The van der Waals surface area contributed by atoms with Gasteiger partial charge in [0.15, 0.2) is 0 Å². The van der Waals surface area contributed by atoms with Gasteiger partial charge in [0.2, 0.25) is 5.89 Å². The van der Waals surface area contributed by atoms with Gasteiger partial charge in [-0.2, -0.15) is 5.10 Å². The molecule has 0 unspecified atom stereocenters. The van der Waals surface area contributed by atoms with Gasteiger partial charge in [-0.25, -0.2) is 14.9 Å². The summed E-state index contributed by atoms with van der Waals surface area (Å²) < 4.78 is 7.37. The molecule has 2 aromatic heterocycles. The van der Waals surface area contributed by atoms with E-state index in [1.54, 1.807) is 10.8 Å². The van der Waals surface area contributed by atoms with Crippen LogP contribution < -0.4 is 5.69 Å². The second-order valence-electron chi connectivity index (χ2n) is 7.12. The molecule has 1 fully saturated rings. The summed E-state index contributed by atoms with van der Waals surface area (Å²) in [6, 6.07) is 9.97. The van der Waals surface area contributed by atoms with Gasteiger partial charge in [-0.3, -0.25) is 9.47 Å². The lowest BCUT2D eigenvalue weighted by Crippen LogP contribution is -2.34. The van der Waals surface area contributed by atoms with Gasteiger partial charge in [-0.15, -0.1) is 0 Å². The van der Waals surface area contributed by atoms with E-state index in [9.17, 15) is 4.79 Å². The van der Waals surface area contributed by atoms with E-state index in [4.69, 9.17) is 4.42 Å². The van der Waals surface area contributed by atoms with Gasteiger partial charge in [-0.05, 0) is 50.9 Å². The normalized spacial score (nSPS) is 16.0. The fraction of sp³-hybridized carbons (Fsp3) is 0.450. The molecule has 1 N–H and O–H groups in total. The molecule has 4 rings (SSSR count). The fourth-order valence-corrected chi connectivity index (χ4v) is 3.76. The van der Waals surface area contributed by atoms with Gasteiger partial charge in [-0.1, -0.05) is 18.2 Å². The molecule has 142 valence electrons. The summed E-state index contributed by atoms with van der Waals surface area (Å²) >= 11 is 0. The first-order valence-corrected chi connectivity index (χ1v) is 9.59. The van der Waals surface area contributed by atoms with Crippen molar-refractivity contribution < 1.29 is 4.42 Å². The molecule has 3 aromatic rings. The average Bonchev–Trinajstić information content (AvgIpc) is 3.30. The number of aromatic amines is 1. The lowest BCUT2D eigenvalue weighted by atomic mass is 9.93. The Hall–Kier alpha value is -2.67. The van der Waals surface area contributed by atoms with E-state index in [-0.39, 0.29) is 5.69 Å².